The van der Waals surface area contributed by atoms with Crippen molar-refractivity contribution >= 4 is 11.8 Å². The first-order valence-electron chi connectivity index (χ1n) is 6.64. The van der Waals surface area contributed by atoms with Crippen LogP contribution >= 0.6 is 0 Å². The fraction of sp³-hybridized carbons (Fsp3) is 0.125. The molecule has 112 valence electrons. The molecule has 5 nitrogen and oxygen atoms in total. The van der Waals surface area contributed by atoms with Gasteiger partial charge in [-0.15, -0.1) is 0 Å². The SMILES string of the molecule is O=C1c2ccccc2C(=O)N1CCOc1cc(F)ccc1O. The maximum atomic E-state index is 13.1. The molecule has 0 aliphatic carbocycles. The van der Waals surface area contributed by atoms with Gasteiger partial charge in [0, 0.05) is 6.07 Å². The first-order chi connectivity index (χ1) is 10.6. The minimum Gasteiger partial charge on any atom is -0.504 e. The molecule has 2 amide bonds. The summed E-state index contributed by atoms with van der Waals surface area (Å²) in [7, 11) is 0. The molecule has 0 saturated carbocycles. The molecule has 0 spiro atoms. The number of nitrogens with zero attached hydrogens (tertiary/aromatic N) is 1. The van der Waals surface area contributed by atoms with Gasteiger partial charge in [0.1, 0.15) is 12.4 Å². The molecule has 1 heterocycles. The number of amides is 2. The molecule has 6 heteroatoms. The van der Waals surface area contributed by atoms with Crippen molar-refractivity contribution in [1.82, 2.24) is 4.90 Å². The number of ether oxygens (including phenoxy) is 1. The maximum absolute atomic E-state index is 13.1. The lowest BCUT2D eigenvalue weighted by atomic mass is 10.1. The van der Waals surface area contributed by atoms with Crippen LogP contribution in [-0.2, 0) is 0 Å². The van der Waals surface area contributed by atoms with Gasteiger partial charge in [-0.25, -0.2) is 4.39 Å². The van der Waals surface area contributed by atoms with E-state index in [1.807, 2.05) is 0 Å². The highest BCUT2D eigenvalue weighted by molar-refractivity contribution is 6.21. The number of fused-ring (bicyclic) bond motifs is 1. The maximum Gasteiger partial charge on any atom is 0.261 e. The van der Waals surface area contributed by atoms with Crippen molar-refractivity contribution in [2.45, 2.75) is 0 Å². The van der Waals surface area contributed by atoms with Gasteiger partial charge in [-0.2, -0.15) is 0 Å². The largest absolute Gasteiger partial charge is 0.504 e. The van der Waals surface area contributed by atoms with Crippen LogP contribution in [0.25, 0.3) is 0 Å². The van der Waals surface area contributed by atoms with Gasteiger partial charge < -0.3 is 9.84 Å². The fourth-order valence-corrected chi connectivity index (χ4v) is 2.29. The Morgan fingerprint density at radius 3 is 2.32 bits per heavy atom. The number of carbonyl (C=O) groups excluding carboxylic acids is 2. The van der Waals surface area contributed by atoms with E-state index in [4.69, 9.17) is 4.74 Å². The topological polar surface area (TPSA) is 66.8 Å². The van der Waals surface area contributed by atoms with Gasteiger partial charge >= 0.3 is 0 Å². The summed E-state index contributed by atoms with van der Waals surface area (Å²) >= 11 is 0. The lowest BCUT2D eigenvalue weighted by molar-refractivity contribution is 0.0631. The Kier molecular flexibility index (Phi) is 3.50. The Morgan fingerprint density at radius 1 is 1.05 bits per heavy atom. The van der Waals surface area contributed by atoms with Crippen molar-refractivity contribution in [1.29, 1.82) is 0 Å². The van der Waals surface area contributed by atoms with E-state index in [2.05, 4.69) is 0 Å². The number of hydrogen-bond acceptors (Lipinski definition) is 4. The van der Waals surface area contributed by atoms with E-state index in [0.29, 0.717) is 11.1 Å². The van der Waals surface area contributed by atoms with Crippen LogP contribution in [0.4, 0.5) is 4.39 Å². The highest BCUT2D eigenvalue weighted by Gasteiger charge is 2.34. The van der Waals surface area contributed by atoms with E-state index in [0.717, 1.165) is 17.0 Å². The number of aromatic hydroxyl groups is 1. The summed E-state index contributed by atoms with van der Waals surface area (Å²) in [5.41, 5.74) is 0.724. The molecule has 0 bridgehead atoms. The van der Waals surface area contributed by atoms with Gasteiger partial charge in [-0.05, 0) is 24.3 Å². The second-order valence-corrected chi connectivity index (χ2v) is 4.77. The van der Waals surface area contributed by atoms with Crippen LogP contribution in [0.15, 0.2) is 42.5 Å². The Hall–Kier alpha value is -2.89. The Morgan fingerprint density at radius 2 is 1.68 bits per heavy atom. The van der Waals surface area contributed by atoms with E-state index in [1.165, 1.54) is 6.07 Å². The fourth-order valence-electron chi connectivity index (χ4n) is 2.29. The lowest BCUT2D eigenvalue weighted by Crippen LogP contribution is -2.33. The van der Waals surface area contributed by atoms with E-state index in [1.54, 1.807) is 24.3 Å². The molecule has 3 rings (SSSR count). The molecule has 22 heavy (non-hydrogen) atoms. The number of rotatable bonds is 4. The molecule has 0 radical (unpaired) electrons. The van der Waals surface area contributed by atoms with Crippen LogP contribution in [0, 0.1) is 5.82 Å². The van der Waals surface area contributed by atoms with E-state index in [-0.39, 0.29) is 36.5 Å². The number of phenols is 1. The van der Waals surface area contributed by atoms with Crippen LogP contribution in [-0.4, -0.2) is 35.0 Å². The van der Waals surface area contributed by atoms with Gasteiger partial charge in [0.05, 0.1) is 17.7 Å². The minimum atomic E-state index is -0.548. The molecular weight excluding hydrogens is 289 g/mol. The van der Waals surface area contributed by atoms with E-state index >= 15 is 0 Å². The molecule has 0 unspecified atom stereocenters. The van der Waals surface area contributed by atoms with Crippen molar-refractivity contribution in [3.8, 4) is 11.5 Å². The van der Waals surface area contributed by atoms with Crippen molar-refractivity contribution in [3.63, 3.8) is 0 Å². The lowest BCUT2D eigenvalue weighted by Gasteiger charge is -2.14. The number of hydrogen-bond donors (Lipinski definition) is 1. The van der Waals surface area contributed by atoms with Crippen molar-refractivity contribution in [2.24, 2.45) is 0 Å². The average Bonchev–Trinajstić information content (AvgIpc) is 2.76. The normalized spacial score (nSPS) is 13.4. The molecule has 0 fully saturated rings. The van der Waals surface area contributed by atoms with Crippen LogP contribution in [0.3, 0.4) is 0 Å². The van der Waals surface area contributed by atoms with Crippen molar-refractivity contribution < 1.29 is 23.8 Å². The van der Waals surface area contributed by atoms with Crippen LogP contribution in [0.1, 0.15) is 20.7 Å². The van der Waals surface area contributed by atoms with Gasteiger partial charge in [0.25, 0.3) is 11.8 Å². The molecule has 0 atom stereocenters. The van der Waals surface area contributed by atoms with E-state index in [9.17, 15) is 19.1 Å². The number of imide groups is 1. The van der Waals surface area contributed by atoms with Gasteiger partial charge in [0.2, 0.25) is 0 Å². The molecule has 0 saturated heterocycles. The predicted octanol–water partition coefficient (Wildman–Crippen LogP) is 2.21. The van der Waals surface area contributed by atoms with Crippen LogP contribution < -0.4 is 4.74 Å². The second-order valence-electron chi connectivity index (χ2n) is 4.77. The summed E-state index contributed by atoms with van der Waals surface area (Å²) in [6.07, 6.45) is 0. The molecule has 2 aromatic rings. The molecule has 1 aliphatic heterocycles. The first-order valence-corrected chi connectivity index (χ1v) is 6.64. The summed E-state index contributed by atoms with van der Waals surface area (Å²) in [5.74, 6) is -1.55. The van der Waals surface area contributed by atoms with Crippen LogP contribution in [0.5, 0.6) is 11.5 Å². The second kappa shape index (κ2) is 5.48. The standard InChI is InChI=1S/C16H12FNO4/c17-10-5-6-13(19)14(9-10)22-8-7-18-15(20)11-3-1-2-4-12(11)16(18)21/h1-6,9,19H,7-8H2. The third-order valence-corrected chi connectivity index (χ3v) is 3.37. The number of benzene rings is 2. The predicted molar refractivity (Wildman–Crippen MR) is 75.4 cm³/mol. The van der Waals surface area contributed by atoms with Gasteiger partial charge in [-0.1, -0.05) is 12.1 Å². The van der Waals surface area contributed by atoms with Crippen molar-refractivity contribution in [3.05, 3.63) is 59.4 Å². The van der Waals surface area contributed by atoms with Crippen molar-refractivity contribution in [2.75, 3.05) is 13.2 Å². The highest BCUT2D eigenvalue weighted by Crippen LogP contribution is 2.26. The Balaban J connectivity index is 1.67. The van der Waals surface area contributed by atoms with Gasteiger partial charge in [-0.3, -0.25) is 14.5 Å². The average molecular weight is 301 g/mol. The molecule has 2 aromatic carbocycles. The third-order valence-electron chi connectivity index (χ3n) is 3.37. The quantitative estimate of drug-likeness (QED) is 0.879. The summed E-state index contributed by atoms with van der Waals surface area (Å²) in [6, 6.07) is 9.88. The number of carbonyl (C=O) groups is 2. The van der Waals surface area contributed by atoms with Gasteiger partial charge in [0.15, 0.2) is 11.5 Å². The summed E-state index contributed by atoms with van der Waals surface area (Å²) in [5, 5.41) is 9.53. The highest BCUT2D eigenvalue weighted by atomic mass is 19.1. The molecule has 0 aromatic heterocycles. The zero-order chi connectivity index (χ0) is 15.7. The minimum absolute atomic E-state index is 0.0162. The monoisotopic (exact) mass is 301 g/mol. The Bertz CT molecular complexity index is 725. The van der Waals surface area contributed by atoms with E-state index < -0.39 is 5.82 Å². The zero-order valence-corrected chi connectivity index (χ0v) is 11.5. The molecule has 1 N–H and O–H groups in total. The third kappa shape index (κ3) is 2.39. The smallest absolute Gasteiger partial charge is 0.261 e. The summed E-state index contributed by atoms with van der Waals surface area (Å²) in [4.78, 5) is 25.3. The molecular formula is C16H12FNO4. The zero-order valence-electron chi connectivity index (χ0n) is 11.5. The number of phenolic OH excluding ortho intramolecular Hbond substituents is 1. The summed E-state index contributed by atoms with van der Waals surface area (Å²) < 4.78 is 18.3. The summed E-state index contributed by atoms with van der Waals surface area (Å²) in [6.45, 7) is -0.0230. The molecule has 1 aliphatic rings. The number of halogens is 1. The first kappa shape index (κ1) is 14.1. The van der Waals surface area contributed by atoms with Crippen LogP contribution in [0.2, 0.25) is 0 Å². The Labute approximate surface area is 125 Å².